The molecule has 19 heavy (non-hydrogen) atoms. The summed E-state index contributed by atoms with van der Waals surface area (Å²) in [6.45, 7) is -0.719. The highest BCUT2D eigenvalue weighted by Gasteiger charge is 2.41. The van der Waals surface area contributed by atoms with Crippen molar-refractivity contribution in [3.8, 4) is 0 Å². The van der Waals surface area contributed by atoms with Crippen molar-refractivity contribution in [2.75, 3.05) is 6.54 Å². The van der Waals surface area contributed by atoms with Crippen molar-refractivity contribution in [1.82, 2.24) is 5.32 Å². The van der Waals surface area contributed by atoms with Crippen molar-refractivity contribution in [1.29, 1.82) is 0 Å². The van der Waals surface area contributed by atoms with Crippen molar-refractivity contribution in [2.24, 2.45) is 5.73 Å². The molecule has 1 aromatic rings. The van der Waals surface area contributed by atoms with E-state index in [0.29, 0.717) is 0 Å². The smallest absolute Gasteiger partial charge is 0.368 e. The summed E-state index contributed by atoms with van der Waals surface area (Å²) in [5.74, 6) is -3.63. The number of alkyl halides is 3. The Bertz CT molecular complexity index is 468. The second-order valence-corrected chi connectivity index (χ2v) is 4.05. The Labute approximate surface area is 105 Å². The van der Waals surface area contributed by atoms with Gasteiger partial charge in [-0.3, -0.25) is 10.1 Å². The fourth-order valence-corrected chi connectivity index (χ4v) is 1.55. The van der Waals surface area contributed by atoms with Crippen LogP contribution in [0, 0.1) is 11.6 Å². The number of nitrogens with one attached hydrogen (secondary N) is 1. The molecule has 0 bridgehead atoms. The largest absolute Gasteiger partial charge is 0.401 e. The molecule has 0 spiro atoms. The minimum Gasteiger partial charge on any atom is -0.368 e. The first-order valence-electron chi connectivity index (χ1n) is 5.14. The number of nitrogens with two attached hydrogens (primary N) is 1. The molecule has 0 saturated heterocycles. The Hall–Kier alpha value is -1.70. The summed E-state index contributed by atoms with van der Waals surface area (Å²) >= 11 is 0. The third-order valence-corrected chi connectivity index (χ3v) is 2.60. The number of hydrogen-bond donors (Lipinski definition) is 2. The highest BCUT2D eigenvalue weighted by molar-refractivity contribution is 5.85. The maximum absolute atomic E-state index is 13.6. The van der Waals surface area contributed by atoms with Crippen LogP contribution in [0.3, 0.4) is 0 Å². The number of halogens is 5. The molecule has 1 atom stereocenters. The number of rotatable bonds is 4. The van der Waals surface area contributed by atoms with Gasteiger partial charge in [0.05, 0.1) is 12.1 Å². The second-order valence-electron chi connectivity index (χ2n) is 4.05. The first kappa shape index (κ1) is 15.4. The van der Waals surface area contributed by atoms with E-state index in [-0.39, 0.29) is 0 Å². The van der Waals surface area contributed by atoms with Crippen LogP contribution in [0.1, 0.15) is 12.5 Å². The summed E-state index contributed by atoms with van der Waals surface area (Å²) in [5.41, 5.74) is 1.83. The van der Waals surface area contributed by atoms with Crippen LogP contribution in [-0.2, 0) is 10.3 Å². The van der Waals surface area contributed by atoms with Crippen LogP contribution in [0.5, 0.6) is 0 Å². The van der Waals surface area contributed by atoms with Crippen LogP contribution in [0.2, 0.25) is 0 Å². The molecule has 1 rings (SSSR count). The van der Waals surface area contributed by atoms with Gasteiger partial charge in [-0.15, -0.1) is 0 Å². The summed E-state index contributed by atoms with van der Waals surface area (Å²) in [5, 5.41) is 1.75. The Morgan fingerprint density at radius 3 is 2.11 bits per heavy atom. The van der Waals surface area contributed by atoms with Crippen LogP contribution in [-0.4, -0.2) is 18.6 Å². The second kappa shape index (κ2) is 5.12. The average Bonchev–Trinajstić information content (AvgIpc) is 2.25. The first-order valence-corrected chi connectivity index (χ1v) is 5.14. The maximum Gasteiger partial charge on any atom is 0.401 e. The van der Waals surface area contributed by atoms with Crippen LogP contribution >= 0.6 is 0 Å². The van der Waals surface area contributed by atoms with E-state index in [4.69, 9.17) is 5.73 Å². The standard InChI is InChI=1S/C11H11F5N2O/c1-10(9(17)19,18-5-11(14,15)16)8-6(12)3-2-4-7(8)13/h2-4,18H,5H2,1H3,(H2,17,19). The van der Waals surface area contributed by atoms with E-state index >= 15 is 0 Å². The lowest BCUT2D eigenvalue weighted by Gasteiger charge is -2.29. The van der Waals surface area contributed by atoms with E-state index < -0.39 is 41.4 Å². The third-order valence-electron chi connectivity index (χ3n) is 2.60. The molecule has 8 heteroatoms. The predicted molar refractivity (Wildman–Crippen MR) is 57.0 cm³/mol. The van der Waals surface area contributed by atoms with E-state index in [1.165, 1.54) is 0 Å². The molecule has 3 N–H and O–H groups in total. The minimum absolute atomic E-state index is 0.828. The van der Waals surface area contributed by atoms with Crippen LogP contribution in [0.25, 0.3) is 0 Å². The van der Waals surface area contributed by atoms with Gasteiger partial charge >= 0.3 is 6.18 Å². The summed E-state index contributed by atoms with van der Waals surface area (Å²) < 4.78 is 63.6. The average molecular weight is 282 g/mol. The van der Waals surface area contributed by atoms with Gasteiger partial charge in [0, 0.05) is 0 Å². The summed E-state index contributed by atoms with van der Waals surface area (Å²) in [7, 11) is 0. The number of benzene rings is 1. The predicted octanol–water partition coefficient (Wildman–Crippen LogP) is 1.82. The summed E-state index contributed by atoms with van der Waals surface area (Å²) in [6, 6.07) is 2.68. The monoisotopic (exact) mass is 282 g/mol. The normalized spacial score (nSPS) is 15.1. The summed E-state index contributed by atoms with van der Waals surface area (Å²) in [4.78, 5) is 11.3. The quantitative estimate of drug-likeness (QED) is 0.828. The van der Waals surface area contributed by atoms with E-state index in [0.717, 1.165) is 25.1 Å². The van der Waals surface area contributed by atoms with Crippen LogP contribution in [0.15, 0.2) is 18.2 Å². The first-order chi connectivity index (χ1) is 8.58. The molecule has 0 aromatic heterocycles. The van der Waals surface area contributed by atoms with Crippen molar-refractivity contribution in [3.05, 3.63) is 35.4 Å². The Kier molecular flexibility index (Phi) is 4.14. The van der Waals surface area contributed by atoms with E-state index in [1.807, 2.05) is 0 Å². The number of primary amides is 1. The van der Waals surface area contributed by atoms with Gasteiger partial charge in [-0.2, -0.15) is 13.2 Å². The molecule has 106 valence electrons. The molecule has 0 aliphatic rings. The zero-order valence-corrected chi connectivity index (χ0v) is 9.81. The molecular weight excluding hydrogens is 271 g/mol. The lowest BCUT2D eigenvalue weighted by atomic mass is 9.90. The van der Waals surface area contributed by atoms with Gasteiger partial charge in [-0.1, -0.05) is 6.07 Å². The molecule has 1 unspecified atom stereocenters. The molecular formula is C11H11F5N2O. The van der Waals surface area contributed by atoms with Crippen molar-refractivity contribution >= 4 is 5.91 Å². The van der Waals surface area contributed by atoms with Crippen molar-refractivity contribution in [2.45, 2.75) is 18.6 Å². The van der Waals surface area contributed by atoms with Crippen LogP contribution in [0.4, 0.5) is 22.0 Å². The molecule has 1 amide bonds. The number of carbonyl (C=O) groups excluding carboxylic acids is 1. The lowest BCUT2D eigenvalue weighted by Crippen LogP contribution is -2.54. The highest BCUT2D eigenvalue weighted by Crippen LogP contribution is 2.27. The van der Waals surface area contributed by atoms with Crippen molar-refractivity contribution < 1.29 is 26.7 Å². The van der Waals surface area contributed by atoms with E-state index in [2.05, 4.69) is 0 Å². The molecule has 0 fully saturated rings. The number of carbonyl (C=O) groups is 1. The SMILES string of the molecule is CC(NCC(F)(F)F)(C(N)=O)c1c(F)cccc1F. The molecule has 3 nitrogen and oxygen atoms in total. The van der Waals surface area contributed by atoms with Crippen LogP contribution < -0.4 is 11.1 Å². The summed E-state index contributed by atoms with van der Waals surface area (Å²) in [6.07, 6.45) is -4.65. The van der Waals surface area contributed by atoms with Gasteiger partial charge in [-0.05, 0) is 19.1 Å². The lowest BCUT2D eigenvalue weighted by molar-refractivity contribution is -0.136. The third kappa shape index (κ3) is 3.40. The molecule has 0 aliphatic carbocycles. The maximum atomic E-state index is 13.6. The van der Waals surface area contributed by atoms with Gasteiger partial charge in [0.15, 0.2) is 0 Å². The van der Waals surface area contributed by atoms with Gasteiger partial charge < -0.3 is 5.73 Å². The molecule has 0 aliphatic heterocycles. The molecule has 0 saturated carbocycles. The van der Waals surface area contributed by atoms with Gasteiger partial charge in [-0.25, -0.2) is 8.78 Å². The number of amides is 1. The topological polar surface area (TPSA) is 55.1 Å². The van der Waals surface area contributed by atoms with Crippen molar-refractivity contribution in [3.63, 3.8) is 0 Å². The number of hydrogen-bond acceptors (Lipinski definition) is 2. The van der Waals surface area contributed by atoms with E-state index in [1.54, 1.807) is 5.32 Å². The fourth-order valence-electron chi connectivity index (χ4n) is 1.55. The Balaban J connectivity index is 3.23. The minimum atomic E-state index is -4.65. The Morgan fingerprint density at radius 1 is 1.26 bits per heavy atom. The zero-order chi connectivity index (χ0) is 14.8. The molecule has 0 radical (unpaired) electrons. The fraction of sp³-hybridized carbons (Fsp3) is 0.364. The van der Waals surface area contributed by atoms with E-state index in [9.17, 15) is 26.7 Å². The molecule has 0 heterocycles. The van der Waals surface area contributed by atoms with Gasteiger partial charge in [0.1, 0.15) is 17.2 Å². The van der Waals surface area contributed by atoms with Gasteiger partial charge in [0.25, 0.3) is 0 Å². The van der Waals surface area contributed by atoms with Gasteiger partial charge in [0.2, 0.25) is 5.91 Å². The molecule has 1 aromatic carbocycles. The highest BCUT2D eigenvalue weighted by atomic mass is 19.4. The Morgan fingerprint density at radius 2 is 1.74 bits per heavy atom. The zero-order valence-electron chi connectivity index (χ0n) is 9.81.